The Morgan fingerprint density at radius 2 is 2.14 bits per heavy atom. The van der Waals surface area contributed by atoms with Crippen molar-refractivity contribution in [2.24, 2.45) is 5.10 Å². The van der Waals surface area contributed by atoms with Crippen LogP contribution in [0.5, 0.6) is 5.75 Å². The van der Waals surface area contributed by atoms with Gasteiger partial charge in [0.05, 0.1) is 19.9 Å². The highest BCUT2D eigenvalue weighted by atomic mass is 16.6. The van der Waals surface area contributed by atoms with Gasteiger partial charge in [-0.3, -0.25) is 9.78 Å². The van der Waals surface area contributed by atoms with Gasteiger partial charge in [0.15, 0.2) is 0 Å². The SMILES string of the molecule is COc1ccc(/C=N\NC(=O)c2ccncc2)cc1Cn1cnc([N+](=O)[O-])n1. The molecule has 0 aliphatic carbocycles. The largest absolute Gasteiger partial charge is 0.496 e. The normalized spacial score (nSPS) is 10.8. The van der Waals surface area contributed by atoms with E-state index in [4.69, 9.17) is 4.74 Å². The minimum Gasteiger partial charge on any atom is -0.496 e. The molecule has 0 bridgehead atoms. The lowest BCUT2D eigenvalue weighted by Crippen LogP contribution is -2.17. The molecule has 11 heteroatoms. The Labute approximate surface area is 158 Å². The molecule has 0 saturated heterocycles. The second kappa shape index (κ2) is 8.49. The predicted octanol–water partition coefficient (Wildman–Crippen LogP) is 1.40. The quantitative estimate of drug-likeness (QED) is 0.371. The molecule has 2 aromatic heterocycles. The summed E-state index contributed by atoms with van der Waals surface area (Å²) in [5, 5.41) is 18.4. The number of carbonyl (C=O) groups excluding carboxylic acids is 1. The number of pyridine rings is 1. The summed E-state index contributed by atoms with van der Waals surface area (Å²) in [5.41, 5.74) is 4.28. The molecule has 1 N–H and O–H groups in total. The number of nitrogens with one attached hydrogen (secondary N) is 1. The summed E-state index contributed by atoms with van der Waals surface area (Å²) in [6.07, 6.45) is 5.78. The fourth-order valence-corrected chi connectivity index (χ4v) is 2.35. The van der Waals surface area contributed by atoms with Crippen molar-refractivity contribution in [1.82, 2.24) is 25.2 Å². The standard InChI is InChI=1S/C17H15N7O4/c1-28-15-3-2-12(9-20-21-16(25)13-4-6-18-7-5-13)8-14(15)10-23-11-19-17(22-23)24(26)27/h2-9,11H,10H2,1H3,(H,21,25)/b20-9-. The van der Waals surface area contributed by atoms with E-state index in [1.54, 1.807) is 30.3 Å². The maximum Gasteiger partial charge on any atom is 0.490 e. The summed E-state index contributed by atoms with van der Waals surface area (Å²) >= 11 is 0. The highest BCUT2D eigenvalue weighted by molar-refractivity contribution is 5.94. The third-order valence-corrected chi connectivity index (χ3v) is 3.65. The molecule has 2 heterocycles. The molecule has 1 aromatic carbocycles. The van der Waals surface area contributed by atoms with Crippen molar-refractivity contribution in [2.45, 2.75) is 6.54 Å². The van der Waals surface area contributed by atoms with Gasteiger partial charge in [0.1, 0.15) is 5.75 Å². The first-order chi connectivity index (χ1) is 13.6. The molecule has 0 aliphatic rings. The maximum absolute atomic E-state index is 12.0. The number of rotatable bonds is 7. The first-order valence-electron chi connectivity index (χ1n) is 8.01. The molecule has 0 saturated carbocycles. The van der Waals surface area contributed by atoms with Gasteiger partial charge in [0, 0.05) is 28.6 Å². The lowest BCUT2D eigenvalue weighted by Gasteiger charge is -2.08. The van der Waals surface area contributed by atoms with Crippen molar-refractivity contribution in [1.29, 1.82) is 0 Å². The Hall–Kier alpha value is -4.15. The summed E-state index contributed by atoms with van der Waals surface area (Å²) < 4.78 is 6.65. The fraction of sp³-hybridized carbons (Fsp3) is 0.118. The van der Waals surface area contributed by atoms with Crippen LogP contribution in [0.15, 0.2) is 54.2 Å². The summed E-state index contributed by atoms with van der Waals surface area (Å²) in [6, 6.07) is 8.41. The van der Waals surface area contributed by atoms with E-state index in [-0.39, 0.29) is 12.5 Å². The van der Waals surface area contributed by atoms with Gasteiger partial charge in [0.2, 0.25) is 6.33 Å². The second-order valence-electron chi connectivity index (χ2n) is 5.51. The molecule has 3 rings (SSSR count). The van der Waals surface area contributed by atoms with Gasteiger partial charge in [0.25, 0.3) is 5.91 Å². The average molecular weight is 381 g/mol. The van der Waals surface area contributed by atoms with E-state index < -0.39 is 10.9 Å². The first-order valence-corrected chi connectivity index (χ1v) is 8.01. The van der Waals surface area contributed by atoms with Gasteiger partial charge in [-0.2, -0.15) is 9.78 Å². The van der Waals surface area contributed by atoms with Crippen LogP contribution in [0.25, 0.3) is 0 Å². The molecule has 28 heavy (non-hydrogen) atoms. The van der Waals surface area contributed by atoms with Crippen LogP contribution in [0.1, 0.15) is 21.5 Å². The molecule has 0 atom stereocenters. The predicted molar refractivity (Wildman–Crippen MR) is 98.1 cm³/mol. The Bertz CT molecular complexity index is 1020. The van der Waals surface area contributed by atoms with E-state index >= 15 is 0 Å². The molecule has 0 aliphatic heterocycles. The number of ether oxygens (including phenoxy) is 1. The summed E-state index contributed by atoms with van der Waals surface area (Å²) in [5.74, 6) is -0.256. The molecule has 3 aromatic rings. The van der Waals surface area contributed by atoms with Crippen molar-refractivity contribution in [2.75, 3.05) is 7.11 Å². The van der Waals surface area contributed by atoms with Crippen LogP contribution in [0.4, 0.5) is 5.95 Å². The van der Waals surface area contributed by atoms with Gasteiger partial charge < -0.3 is 14.9 Å². The lowest BCUT2D eigenvalue weighted by atomic mass is 10.1. The number of nitrogens with zero attached hydrogens (tertiary/aromatic N) is 6. The van der Waals surface area contributed by atoms with Crippen LogP contribution in [0.3, 0.4) is 0 Å². The number of amides is 1. The van der Waals surface area contributed by atoms with Gasteiger partial charge in [-0.1, -0.05) is 4.98 Å². The third-order valence-electron chi connectivity index (χ3n) is 3.65. The molecular weight excluding hydrogens is 366 g/mol. The van der Waals surface area contributed by atoms with Crippen molar-refractivity contribution >= 4 is 18.1 Å². The lowest BCUT2D eigenvalue weighted by molar-refractivity contribution is -0.394. The Morgan fingerprint density at radius 1 is 1.36 bits per heavy atom. The average Bonchev–Trinajstić information content (AvgIpc) is 3.18. The summed E-state index contributed by atoms with van der Waals surface area (Å²) in [6.45, 7) is 0.217. The summed E-state index contributed by atoms with van der Waals surface area (Å²) in [7, 11) is 1.52. The smallest absolute Gasteiger partial charge is 0.490 e. The van der Waals surface area contributed by atoms with Gasteiger partial charge >= 0.3 is 5.95 Å². The molecule has 0 unspecified atom stereocenters. The number of benzene rings is 1. The number of aromatic nitrogens is 4. The number of methoxy groups -OCH3 is 1. The molecule has 0 spiro atoms. The van der Waals surface area contributed by atoms with Crippen LogP contribution < -0.4 is 10.2 Å². The van der Waals surface area contributed by atoms with Crippen molar-refractivity contribution < 1.29 is 14.5 Å². The van der Waals surface area contributed by atoms with Gasteiger partial charge in [-0.25, -0.2) is 5.43 Å². The third kappa shape index (κ3) is 4.52. The van der Waals surface area contributed by atoms with Crippen molar-refractivity contribution in [3.8, 4) is 5.75 Å². The van der Waals surface area contributed by atoms with Crippen molar-refractivity contribution in [3.63, 3.8) is 0 Å². The number of hydrogen-bond acceptors (Lipinski definition) is 8. The first kappa shape index (κ1) is 18.6. The van der Waals surface area contributed by atoms with E-state index in [0.717, 1.165) is 0 Å². The zero-order chi connectivity index (χ0) is 19.9. The minimum atomic E-state index is -0.664. The zero-order valence-corrected chi connectivity index (χ0v) is 14.7. The van der Waals surface area contributed by atoms with Crippen LogP contribution in [0.2, 0.25) is 0 Å². The van der Waals surface area contributed by atoms with Gasteiger partial charge in [-0.05, 0) is 40.8 Å². The molecular formula is C17H15N7O4. The number of hydrogen-bond donors (Lipinski definition) is 1. The second-order valence-corrected chi connectivity index (χ2v) is 5.51. The molecule has 11 nitrogen and oxygen atoms in total. The minimum absolute atomic E-state index is 0.217. The highest BCUT2D eigenvalue weighted by Crippen LogP contribution is 2.20. The zero-order valence-electron chi connectivity index (χ0n) is 14.7. The Balaban J connectivity index is 1.72. The molecule has 0 fully saturated rings. The van der Waals surface area contributed by atoms with Crippen LogP contribution in [0, 0.1) is 10.1 Å². The topological polar surface area (TPSA) is 137 Å². The number of hydrazone groups is 1. The summed E-state index contributed by atoms with van der Waals surface area (Å²) in [4.78, 5) is 29.5. The van der Waals surface area contributed by atoms with E-state index in [9.17, 15) is 14.9 Å². The number of nitro groups is 1. The van der Waals surface area contributed by atoms with E-state index in [1.165, 1.54) is 36.7 Å². The molecule has 1 amide bonds. The molecule has 142 valence electrons. The van der Waals surface area contributed by atoms with E-state index in [0.29, 0.717) is 22.4 Å². The van der Waals surface area contributed by atoms with Gasteiger partial charge in [-0.15, -0.1) is 0 Å². The van der Waals surface area contributed by atoms with Crippen LogP contribution in [-0.4, -0.2) is 43.9 Å². The monoisotopic (exact) mass is 381 g/mol. The Kier molecular flexibility index (Phi) is 5.65. The van der Waals surface area contributed by atoms with E-state index in [2.05, 4.69) is 25.6 Å². The van der Waals surface area contributed by atoms with E-state index in [1.807, 2.05) is 0 Å². The fourth-order valence-electron chi connectivity index (χ4n) is 2.35. The number of carbonyl (C=O) groups is 1. The Morgan fingerprint density at radius 3 is 2.82 bits per heavy atom. The van der Waals surface area contributed by atoms with Crippen LogP contribution >= 0.6 is 0 Å². The van der Waals surface area contributed by atoms with Crippen LogP contribution in [-0.2, 0) is 6.54 Å². The van der Waals surface area contributed by atoms with Crippen molar-refractivity contribution in [3.05, 3.63) is 75.9 Å². The highest BCUT2D eigenvalue weighted by Gasteiger charge is 2.15. The molecule has 0 radical (unpaired) electrons. The maximum atomic E-state index is 12.0.